The van der Waals surface area contributed by atoms with Crippen LogP contribution in [0.15, 0.2) is 18.2 Å². The van der Waals surface area contributed by atoms with Gasteiger partial charge in [0, 0.05) is 6.04 Å². The van der Waals surface area contributed by atoms with Crippen LogP contribution in [0.4, 0.5) is 5.69 Å². The Bertz CT molecular complexity index is 474. The fraction of sp³-hybridized carbons (Fsp3) is 0.588. The average molecular weight is 290 g/mol. The van der Waals surface area contributed by atoms with Crippen LogP contribution in [0.5, 0.6) is 5.75 Å². The number of anilines is 1. The van der Waals surface area contributed by atoms with Crippen molar-refractivity contribution in [1.82, 2.24) is 5.32 Å². The number of carbonyl (C=O) groups excluding carboxylic acids is 1. The van der Waals surface area contributed by atoms with E-state index >= 15 is 0 Å². The lowest BCUT2D eigenvalue weighted by Gasteiger charge is -2.22. The van der Waals surface area contributed by atoms with Crippen LogP contribution >= 0.6 is 0 Å². The standard InChI is InChI=1S/C17H26N2O2/c1-3-5-6-7-8-14(18-4-2)13-9-10-16-15(11-13)19-17(20)12-21-16/h9-11,14,18H,3-8,12H2,1-2H3,(H,19,20). The lowest BCUT2D eigenvalue weighted by atomic mass is 9.99. The summed E-state index contributed by atoms with van der Waals surface area (Å²) in [7, 11) is 0. The first-order chi connectivity index (χ1) is 10.2. The van der Waals surface area contributed by atoms with Crippen LogP contribution < -0.4 is 15.4 Å². The molecular formula is C17H26N2O2. The van der Waals surface area contributed by atoms with Gasteiger partial charge >= 0.3 is 0 Å². The molecule has 1 aromatic carbocycles. The third-order valence-electron chi connectivity index (χ3n) is 3.84. The topological polar surface area (TPSA) is 50.4 Å². The number of fused-ring (bicyclic) bond motifs is 1. The summed E-state index contributed by atoms with van der Waals surface area (Å²) >= 11 is 0. The Hall–Kier alpha value is -1.55. The van der Waals surface area contributed by atoms with E-state index in [0.29, 0.717) is 6.04 Å². The molecule has 2 rings (SSSR count). The number of nitrogens with one attached hydrogen (secondary N) is 2. The van der Waals surface area contributed by atoms with E-state index in [1.807, 2.05) is 12.1 Å². The van der Waals surface area contributed by atoms with Gasteiger partial charge in [0.1, 0.15) is 5.75 Å². The first-order valence-electron chi connectivity index (χ1n) is 8.04. The van der Waals surface area contributed by atoms with Gasteiger partial charge in [-0.05, 0) is 30.7 Å². The Morgan fingerprint density at radius 2 is 2.14 bits per heavy atom. The van der Waals surface area contributed by atoms with Gasteiger partial charge in [-0.1, -0.05) is 45.6 Å². The van der Waals surface area contributed by atoms with Crippen molar-refractivity contribution >= 4 is 11.6 Å². The second kappa shape index (κ2) is 8.03. The van der Waals surface area contributed by atoms with Crippen LogP contribution in [0.25, 0.3) is 0 Å². The smallest absolute Gasteiger partial charge is 0.262 e. The SMILES string of the molecule is CCCCCCC(NCC)c1ccc2c(c1)NC(=O)CO2. The molecule has 1 aliphatic heterocycles. The number of hydrogen-bond acceptors (Lipinski definition) is 3. The van der Waals surface area contributed by atoms with Crippen LogP contribution in [0.2, 0.25) is 0 Å². The van der Waals surface area contributed by atoms with Crippen molar-refractivity contribution < 1.29 is 9.53 Å². The van der Waals surface area contributed by atoms with Crippen molar-refractivity contribution in [3.8, 4) is 5.75 Å². The lowest BCUT2D eigenvalue weighted by Crippen LogP contribution is -2.26. The zero-order valence-electron chi connectivity index (χ0n) is 13.1. The van der Waals surface area contributed by atoms with E-state index < -0.39 is 0 Å². The fourth-order valence-corrected chi connectivity index (χ4v) is 2.73. The van der Waals surface area contributed by atoms with E-state index in [1.54, 1.807) is 0 Å². The summed E-state index contributed by atoms with van der Waals surface area (Å²) in [6.07, 6.45) is 6.19. The Morgan fingerprint density at radius 3 is 2.90 bits per heavy atom. The Morgan fingerprint density at radius 1 is 1.29 bits per heavy atom. The van der Waals surface area contributed by atoms with Gasteiger partial charge in [0.05, 0.1) is 5.69 Å². The van der Waals surface area contributed by atoms with Crippen LogP contribution in [0, 0.1) is 0 Å². The molecule has 0 saturated carbocycles. The van der Waals surface area contributed by atoms with Gasteiger partial charge in [0.25, 0.3) is 5.91 Å². The minimum atomic E-state index is -0.0809. The first-order valence-corrected chi connectivity index (χ1v) is 8.04. The van der Waals surface area contributed by atoms with Crippen molar-refractivity contribution in [2.24, 2.45) is 0 Å². The first kappa shape index (κ1) is 15.8. The Balaban J connectivity index is 2.05. The summed E-state index contributed by atoms with van der Waals surface area (Å²) < 4.78 is 5.41. The third-order valence-corrected chi connectivity index (χ3v) is 3.84. The highest BCUT2D eigenvalue weighted by Gasteiger charge is 2.18. The largest absolute Gasteiger partial charge is 0.482 e. The van der Waals surface area contributed by atoms with Gasteiger partial charge < -0.3 is 15.4 Å². The molecule has 0 fully saturated rings. The molecule has 2 N–H and O–H groups in total. The summed E-state index contributed by atoms with van der Waals surface area (Å²) in [5.41, 5.74) is 2.01. The summed E-state index contributed by atoms with van der Waals surface area (Å²) in [4.78, 5) is 11.4. The molecule has 0 radical (unpaired) electrons. The van der Waals surface area contributed by atoms with E-state index in [9.17, 15) is 4.79 Å². The monoisotopic (exact) mass is 290 g/mol. The molecule has 0 saturated heterocycles. The van der Waals surface area contributed by atoms with Crippen molar-refractivity contribution in [2.45, 2.75) is 52.0 Å². The van der Waals surface area contributed by atoms with Gasteiger partial charge in [-0.25, -0.2) is 0 Å². The highest BCUT2D eigenvalue weighted by atomic mass is 16.5. The minimum Gasteiger partial charge on any atom is -0.482 e. The van der Waals surface area contributed by atoms with Crippen molar-refractivity contribution in [3.63, 3.8) is 0 Å². The van der Waals surface area contributed by atoms with E-state index in [4.69, 9.17) is 4.74 Å². The summed E-state index contributed by atoms with van der Waals surface area (Å²) in [6, 6.07) is 6.44. The molecular weight excluding hydrogens is 264 g/mol. The molecule has 1 unspecified atom stereocenters. The summed E-state index contributed by atoms with van der Waals surface area (Å²) in [5, 5.41) is 6.42. The predicted octanol–water partition coefficient (Wildman–Crippen LogP) is 3.64. The van der Waals surface area contributed by atoms with E-state index in [0.717, 1.165) is 24.4 Å². The zero-order chi connectivity index (χ0) is 15.1. The van der Waals surface area contributed by atoms with Gasteiger partial charge in [0.2, 0.25) is 0 Å². The normalized spacial score (nSPS) is 15.0. The minimum absolute atomic E-state index is 0.0809. The van der Waals surface area contributed by atoms with Gasteiger partial charge in [-0.3, -0.25) is 4.79 Å². The zero-order valence-corrected chi connectivity index (χ0v) is 13.1. The number of benzene rings is 1. The summed E-state index contributed by atoms with van der Waals surface area (Å²) in [6.45, 7) is 5.41. The third kappa shape index (κ3) is 4.46. The molecule has 4 heteroatoms. The molecule has 1 aliphatic rings. The van der Waals surface area contributed by atoms with E-state index in [1.165, 1.54) is 31.2 Å². The number of hydrogen-bond donors (Lipinski definition) is 2. The average Bonchev–Trinajstić information content (AvgIpc) is 2.49. The maximum atomic E-state index is 11.4. The van der Waals surface area contributed by atoms with E-state index in [2.05, 4.69) is 30.5 Å². The number of carbonyl (C=O) groups is 1. The van der Waals surface area contributed by atoms with Crippen molar-refractivity contribution in [2.75, 3.05) is 18.5 Å². The van der Waals surface area contributed by atoms with Crippen LogP contribution in [0.3, 0.4) is 0 Å². The molecule has 1 heterocycles. The molecule has 0 spiro atoms. The molecule has 1 amide bonds. The molecule has 0 bridgehead atoms. The van der Waals surface area contributed by atoms with Crippen LogP contribution in [0.1, 0.15) is 57.6 Å². The molecule has 1 atom stereocenters. The Labute approximate surface area is 127 Å². The van der Waals surface area contributed by atoms with E-state index in [-0.39, 0.29) is 12.5 Å². The van der Waals surface area contributed by atoms with Crippen LogP contribution in [-0.4, -0.2) is 19.1 Å². The lowest BCUT2D eigenvalue weighted by molar-refractivity contribution is -0.118. The van der Waals surface area contributed by atoms with Gasteiger partial charge in [-0.2, -0.15) is 0 Å². The maximum absolute atomic E-state index is 11.4. The quantitative estimate of drug-likeness (QED) is 0.719. The molecule has 0 aliphatic carbocycles. The molecule has 4 nitrogen and oxygen atoms in total. The van der Waals surface area contributed by atoms with Gasteiger partial charge in [0.15, 0.2) is 6.61 Å². The van der Waals surface area contributed by atoms with Gasteiger partial charge in [-0.15, -0.1) is 0 Å². The number of rotatable bonds is 8. The Kier molecular flexibility index (Phi) is 6.05. The van der Waals surface area contributed by atoms with Crippen LogP contribution in [-0.2, 0) is 4.79 Å². The molecule has 0 aromatic heterocycles. The molecule has 1 aromatic rings. The summed E-state index contributed by atoms with van der Waals surface area (Å²) in [5.74, 6) is 0.683. The maximum Gasteiger partial charge on any atom is 0.262 e. The molecule has 21 heavy (non-hydrogen) atoms. The second-order valence-corrected chi connectivity index (χ2v) is 5.55. The highest BCUT2D eigenvalue weighted by molar-refractivity contribution is 5.95. The number of unbranched alkanes of at least 4 members (excludes halogenated alkanes) is 3. The number of amides is 1. The van der Waals surface area contributed by atoms with Crippen molar-refractivity contribution in [3.05, 3.63) is 23.8 Å². The number of ether oxygens (including phenoxy) is 1. The second-order valence-electron chi connectivity index (χ2n) is 5.55. The fourth-order valence-electron chi connectivity index (χ4n) is 2.73. The highest BCUT2D eigenvalue weighted by Crippen LogP contribution is 2.32. The predicted molar refractivity (Wildman–Crippen MR) is 85.7 cm³/mol. The molecule has 116 valence electrons. The van der Waals surface area contributed by atoms with Crippen molar-refractivity contribution in [1.29, 1.82) is 0 Å².